The van der Waals surface area contributed by atoms with E-state index in [1.54, 1.807) is 7.11 Å². The van der Waals surface area contributed by atoms with Gasteiger partial charge in [0.2, 0.25) is 0 Å². The third-order valence-corrected chi connectivity index (χ3v) is 4.87. The highest BCUT2D eigenvalue weighted by atomic mass is 16.5. The summed E-state index contributed by atoms with van der Waals surface area (Å²) in [6, 6.07) is 9.86. The highest BCUT2D eigenvalue weighted by molar-refractivity contribution is 5.32. The minimum Gasteiger partial charge on any atom is -0.497 e. The van der Waals surface area contributed by atoms with Gasteiger partial charge in [-0.15, -0.1) is 0 Å². The SMILES string of the molecule is COc1ccc(C2(N(C)C)CCC(NC(C)C)CC2)cc1. The van der Waals surface area contributed by atoms with E-state index in [0.717, 1.165) is 5.75 Å². The van der Waals surface area contributed by atoms with Crippen molar-refractivity contribution < 1.29 is 4.74 Å². The molecule has 0 aliphatic heterocycles. The molecule has 1 aromatic carbocycles. The van der Waals surface area contributed by atoms with E-state index in [0.29, 0.717) is 12.1 Å². The zero-order chi connectivity index (χ0) is 15.5. The average Bonchev–Trinajstić information content (AvgIpc) is 2.47. The molecule has 0 amide bonds. The number of nitrogens with one attached hydrogen (secondary N) is 1. The van der Waals surface area contributed by atoms with E-state index in [1.165, 1.54) is 31.2 Å². The van der Waals surface area contributed by atoms with Crippen LogP contribution in [0.15, 0.2) is 24.3 Å². The monoisotopic (exact) mass is 290 g/mol. The van der Waals surface area contributed by atoms with Crippen LogP contribution in [0.2, 0.25) is 0 Å². The molecule has 1 fully saturated rings. The van der Waals surface area contributed by atoms with Gasteiger partial charge < -0.3 is 10.1 Å². The Kier molecular flexibility index (Phi) is 5.28. The Hall–Kier alpha value is -1.06. The van der Waals surface area contributed by atoms with Crippen LogP contribution >= 0.6 is 0 Å². The molecule has 1 saturated carbocycles. The molecule has 0 heterocycles. The van der Waals surface area contributed by atoms with Crippen LogP contribution in [0.4, 0.5) is 0 Å². The van der Waals surface area contributed by atoms with E-state index in [1.807, 2.05) is 0 Å². The summed E-state index contributed by atoms with van der Waals surface area (Å²) in [5.74, 6) is 0.933. The summed E-state index contributed by atoms with van der Waals surface area (Å²) in [4.78, 5) is 2.40. The molecule has 118 valence electrons. The third-order valence-electron chi connectivity index (χ3n) is 4.87. The van der Waals surface area contributed by atoms with Crippen molar-refractivity contribution in [3.63, 3.8) is 0 Å². The van der Waals surface area contributed by atoms with Gasteiger partial charge in [0, 0.05) is 17.6 Å². The quantitative estimate of drug-likeness (QED) is 0.899. The molecule has 0 spiro atoms. The number of benzene rings is 1. The van der Waals surface area contributed by atoms with E-state index < -0.39 is 0 Å². The molecule has 0 aromatic heterocycles. The van der Waals surface area contributed by atoms with Gasteiger partial charge in [-0.25, -0.2) is 0 Å². The first-order valence-corrected chi connectivity index (χ1v) is 8.06. The number of rotatable bonds is 5. The van der Waals surface area contributed by atoms with Crippen LogP contribution in [0.3, 0.4) is 0 Å². The van der Waals surface area contributed by atoms with Gasteiger partial charge >= 0.3 is 0 Å². The molecule has 1 N–H and O–H groups in total. The van der Waals surface area contributed by atoms with Crippen molar-refractivity contribution >= 4 is 0 Å². The van der Waals surface area contributed by atoms with Crippen molar-refractivity contribution in [3.8, 4) is 5.75 Å². The highest BCUT2D eigenvalue weighted by Crippen LogP contribution is 2.41. The molecule has 0 radical (unpaired) electrons. The molecule has 21 heavy (non-hydrogen) atoms. The molecule has 3 heteroatoms. The lowest BCUT2D eigenvalue weighted by atomic mass is 9.74. The fraction of sp³-hybridized carbons (Fsp3) is 0.667. The minimum absolute atomic E-state index is 0.168. The molecule has 0 unspecified atom stereocenters. The lowest BCUT2D eigenvalue weighted by molar-refractivity contribution is 0.0841. The van der Waals surface area contributed by atoms with Crippen LogP contribution < -0.4 is 10.1 Å². The van der Waals surface area contributed by atoms with E-state index in [-0.39, 0.29) is 5.54 Å². The van der Waals surface area contributed by atoms with Gasteiger partial charge in [-0.2, -0.15) is 0 Å². The Bertz CT molecular complexity index is 431. The van der Waals surface area contributed by atoms with Crippen LogP contribution in [-0.2, 0) is 5.54 Å². The summed E-state index contributed by atoms with van der Waals surface area (Å²) in [6.45, 7) is 4.47. The van der Waals surface area contributed by atoms with Gasteiger partial charge in [0.25, 0.3) is 0 Å². The zero-order valence-corrected chi connectivity index (χ0v) is 14.1. The van der Waals surface area contributed by atoms with Gasteiger partial charge in [0.15, 0.2) is 0 Å². The third kappa shape index (κ3) is 3.58. The summed E-state index contributed by atoms with van der Waals surface area (Å²) < 4.78 is 5.29. The van der Waals surface area contributed by atoms with Gasteiger partial charge in [-0.3, -0.25) is 4.90 Å². The molecule has 0 saturated heterocycles. The summed E-state index contributed by atoms with van der Waals surface area (Å²) in [7, 11) is 6.14. The van der Waals surface area contributed by atoms with Crippen molar-refractivity contribution in [3.05, 3.63) is 29.8 Å². The number of hydrogen-bond donors (Lipinski definition) is 1. The zero-order valence-electron chi connectivity index (χ0n) is 14.1. The van der Waals surface area contributed by atoms with Crippen molar-refractivity contribution in [1.82, 2.24) is 10.2 Å². The maximum Gasteiger partial charge on any atom is 0.118 e. The Morgan fingerprint density at radius 1 is 1.14 bits per heavy atom. The van der Waals surface area contributed by atoms with E-state index in [9.17, 15) is 0 Å². The van der Waals surface area contributed by atoms with E-state index >= 15 is 0 Å². The van der Waals surface area contributed by atoms with Crippen molar-refractivity contribution in [2.45, 2.75) is 57.2 Å². The van der Waals surface area contributed by atoms with Gasteiger partial charge in [0.05, 0.1) is 7.11 Å². The number of nitrogens with zero attached hydrogens (tertiary/aromatic N) is 1. The molecule has 1 aliphatic carbocycles. The first kappa shape index (κ1) is 16.3. The van der Waals surface area contributed by atoms with E-state index in [4.69, 9.17) is 4.74 Å². The first-order chi connectivity index (χ1) is 9.98. The molecule has 0 atom stereocenters. The summed E-state index contributed by atoms with van der Waals surface area (Å²) >= 11 is 0. The summed E-state index contributed by atoms with van der Waals surface area (Å²) in [5.41, 5.74) is 1.58. The van der Waals surface area contributed by atoms with Crippen LogP contribution in [0.25, 0.3) is 0 Å². The number of ether oxygens (including phenoxy) is 1. The number of hydrogen-bond acceptors (Lipinski definition) is 3. The van der Waals surface area contributed by atoms with Crippen molar-refractivity contribution in [2.24, 2.45) is 0 Å². The Balaban J connectivity index is 2.15. The minimum atomic E-state index is 0.168. The topological polar surface area (TPSA) is 24.5 Å². The standard InChI is InChI=1S/C18H30N2O/c1-14(2)19-16-10-12-18(13-11-16,20(3)4)15-6-8-17(21-5)9-7-15/h6-9,14,16,19H,10-13H2,1-5H3. The Morgan fingerprint density at radius 2 is 1.71 bits per heavy atom. The smallest absolute Gasteiger partial charge is 0.118 e. The maximum absolute atomic E-state index is 5.29. The largest absolute Gasteiger partial charge is 0.497 e. The normalized spacial score (nSPS) is 26.3. The summed E-state index contributed by atoms with van der Waals surface area (Å²) in [5, 5.41) is 3.69. The van der Waals surface area contributed by atoms with Gasteiger partial charge in [-0.1, -0.05) is 26.0 Å². The fourth-order valence-electron chi connectivity index (χ4n) is 3.63. The lowest BCUT2D eigenvalue weighted by Crippen LogP contribution is -2.48. The molecule has 3 nitrogen and oxygen atoms in total. The summed E-state index contributed by atoms with van der Waals surface area (Å²) in [6.07, 6.45) is 4.89. The van der Waals surface area contributed by atoms with Crippen molar-refractivity contribution in [2.75, 3.05) is 21.2 Å². The molecular weight excluding hydrogens is 260 g/mol. The van der Waals surface area contributed by atoms with Crippen LogP contribution in [0, 0.1) is 0 Å². The lowest BCUT2D eigenvalue weighted by Gasteiger charge is -2.46. The highest BCUT2D eigenvalue weighted by Gasteiger charge is 2.38. The second-order valence-corrected chi connectivity index (χ2v) is 6.75. The van der Waals surface area contributed by atoms with Gasteiger partial charge in [-0.05, 0) is 57.5 Å². The number of methoxy groups -OCH3 is 1. The van der Waals surface area contributed by atoms with Crippen LogP contribution in [-0.4, -0.2) is 38.2 Å². The molecule has 0 bridgehead atoms. The Morgan fingerprint density at radius 3 is 2.14 bits per heavy atom. The predicted molar refractivity (Wildman–Crippen MR) is 88.9 cm³/mol. The fourth-order valence-corrected chi connectivity index (χ4v) is 3.63. The van der Waals surface area contributed by atoms with Gasteiger partial charge in [0.1, 0.15) is 5.75 Å². The molecule has 1 aliphatic rings. The second kappa shape index (κ2) is 6.80. The van der Waals surface area contributed by atoms with Crippen LogP contribution in [0.5, 0.6) is 5.75 Å². The molecular formula is C18H30N2O. The molecule has 2 rings (SSSR count). The Labute approximate surface area is 129 Å². The van der Waals surface area contributed by atoms with Crippen LogP contribution in [0.1, 0.15) is 45.1 Å². The average molecular weight is 290 g/mol. The first-order valence-electron chi connectivity index (χ1n) is 8.06. The van der Waals surface area contributed by atoms with Crippen molar-refractivity contribution in [1.29, 1.82) is 0 Å². The van der Waals surface area contributed by atoms with E-state index in [2.05, 4.69) is 62.4 Å². The maximum atomic E-state index is 5.29. The second-order valence-electron chi connectivity index (χ2n) is 6.75. The predicted octanol–water partition coefficient (Wildman–Crippen LogP) is 3.39. The molecule has 1 aromatic rings.